The summed E-state index contributed by atoms with van der Waals surface area (Å²) in [7, 11) is 0. The van der Waals surface area contributed by atoms with Gasteiger partial charge in [0.2, 0.25) is 0 Å². The molecule has 3 fully saturated rings. The van der Waals surface area contributed by atoms with Crippen molar-refractivity contribution in [2.75, 3.05) is 0 Å². The number of rotatable bonds is 2. The predicted octanol–water partition coefficient (Wildman–Crippen LogP) is 4.07. The number of fused-ring (bicyclic) bond motifs is 5. The molecule has 0 saturated heterocycles. The minimum atomic E-state index is -0.485. The minimum Gasteiger partial charge on any atom is -0.389 e. The van der Waals surface area contributed by atoms with Gasteiger partial charge in [0.1, 0.15) is 0 Å². The first kappa shape index (κ1) is 12.2. The summed E-state index contributed by atoms with van der Waals surface area (Å²) in [6, 6.07) is 7.99. The van der Waals surface area contributed by atoms with E-state index in [2.05, 4.69) is 6.07 Å². The van der Waals surface area contributed by atoms with Crippen LogP contribution in [-0.4, -0.2) is 10.7 Å². The molecule has 1 aromatic carbocycles. The molecule has 0 amide bonds. The van der Waals surface area contributed by atoms with Crippen molar-refractivity contribution in [3.8, 4) is 0 Å². The quantitative estimate of drug-likeness (QED) is 0.863. The van der Waals surface area contributed by atoms with Crippen LogP contribution in [0.4, 0.5) is 0 Å². The Hall–Kier alpha value is -0.530. The summed E-state index contributed by atoms with van der Waals surface area (Å²) in [5.74, 6) is 3.04. The first-order valence-electron chi connectivity index (χ1n) is 7.63. The van der Waals surface area contributed by atoms with Crippen molar-refractivity contribution in [3.63, 3.8) is 0 Å². The molecule has 2 bridgehead atoms. The minimum absolute atomic E-state index is 0.485. The molecule has 1 aromatic rings. The lowest BCUT2D eigenvalue weighted by Crippen LogP contribution is -2.43. The fraction of sp³-hybridized carbons (Fsp3) is 0.647. The number of aliphatic hydroxyl groups is 1. The van der Waals surface area contributed by atoms with Gasteiger partial charge in [-0.3, -0.25) is 0 Å². The Kier molecular flexibility index (Phi) is 2.72. The van der Waals surface area contributed by atoms with Crippen LogP contribution < -0.4 is 0 Å². The maximum Gasteiger partial charge on any atom is 0.0722 e. The van der Waals surface area contributed by atoms with Gasteiger partial charge in [0.25, 0.3) is 0 Å². The van der Waals surface area contributed by atoms with Gasteiger partial charge in [-0.05, 0) is 61.0 Å². The molecule has 1 nitrogen and oxygen atoms in total. The van der Waals surface area contributed by atoms with Crippen molar-refractivity contribution >= 4 is 11.6 Å². The fourth-order valence-electron chi connectivity index (χ4n) is 5.41. The molecule has 0 radical (unpaired) electrons. The van der Waals surface area contributed by atoms with E-state index >= 15 is 0 Å². The van der Waals surface area contributed by atoms with Crippen LogP contribution in [0.3, 0.4) is 0 Å². The molecule has 102 valence electrons. The highest BCUT2D eigenvalue weighted by molar-refractivity contribution is 6.31. The van der Waals surface area contributed by atoms with Gasteiger partial charge in [0, 0.05) is 11.4 Å². The Morgan fingerprint density at radius 1 is 1.21 bits per heavy atom. The van der Waals surface area contributed by atoms with Gasteiger partial charge < -0.3 is 5.11 Å². The first-order chi connectivity index (χ1) is 9.17. The van der Waals surface area contributed by atoms with E-state index in [9.17, 15) is 5.11 Å². The van der Waals surface area contributed by atoms with E-state index in [0.29, 0.717) is 5.92 Å². The third-order valence-electron chi connectivity index (χ3n) is 6.06. The third-order valence-corrected chi connectivity index (χ3v) is 6.43. The van der Waals surface area contributed by atoms with Crippen LogP contribution in [0.25, 0.3) is 0 Å². The van der Waals surface area contributed by atoms with Crippen molar-refractivity contribution < 1.29 is 5.11 Å². The van der Waals surface area contributed by atoms with Crippen LogP contribution in [0.15, 0.2) is 24.3 Å². The van der Waals surface area contributed by atoms with Crippen LogP contribution in [0, 0.1) is 23.7 Å². The molecule has 5 atom stereocenters. The Labute approximate surface area is 120 Å². The second-order valence-electron chi connectivity index (χ2n) is 6.94. The average molecular weight is 277 g/mol. The van der Waals surface area contributed by atoms with Gasteiger partial charge in [-0.25, -0.2) is 0 Å². The van der Waals surface area contributed by atoms with E-state index in [1.165, 1.54) is 25.7 Å². The molecule has 3 aliphatic rings. The Balaban J connectivity index is 1.60. The Morgan fingerprint density at radius 3 is 2.84 bits per heavy atom. The second kappa shape index (κ2) is 4.23. The molecular weight excluding hydrogens is 256 g/mol. The topological polar surface area (TPSA) is 20.2 Å². The van der Waals surface area contributed by atoms with Crippen LogP contribution in [0.1, 0.15) is 37.7 Å². The smallest absolute Gasteiger partial charge is 0.0722 e. The van der Waals surface area contributed by atoms with Crippen molar-refractivity contribution in [1.82, 2.24) is 0 Å². The van der Waals surface area contributed by atoms with Gasteiger partial charge in [0.15, 0.2) is 0 Å². The summed E-state index contributed by atoms with van der Waals surface area (Å²) in [4.78, 5) is 0. The van der Waals surface area contributed by atoms with Crippen LogP contribution in [-0.2, 0) is 6.42 Å². The molecule has 5 unspecified atom stereocenters. The summed E-state index contributed by atoms with van der Waals surface area (Å²) in [6.07, 6.45) is 7.15. The normalized spacial score (nSPS) is 43.7. The number of hydrogen-bond donors (Lipinski definition) is 1. The number of benzene rings is 1. The highest BCUT2D eigenvalue weighted by atomic mass is 35.5. The van der Waals surface area contributed by atoms with Crippen LogP contribution in [0.2, 0.25) is 5.02 Å². The van der Waals surface area contributed by atoms with E-state index in [0.717, 1.165) is 41.2 Å². The van der Waals surface area contributed by atoms with Gasteiger partial charge in [-0.15, -0.1) is 0 Å². The lowest BCUT2D eigenvalue weighted by atomic mass is 9.71. The molecule has 2 heteroatoms. The van der Waals surface area contributed by atoms with Crippen molar-refractivity contribution in [2.45, 2.75) is 44.1 Å². The van der Waals surface area contributed by atoms with E-state index < -0.39 is 5.60 Å². The molecular formula is C17H21ClO. The molecule has 0 heterocycles. The van der Waals surface area contributed by atoms with E-state index in [1.54, 1.807) is 0 Å². The molecule has 3 saturated carbocycles. The van der Waals surface area contributed by atoms with Crippen molar-refractivity contribution in [3.05, 3.63) is 34.9 Å². The zero-order chi connectivity index (χ0) is 13.0. The predicted molar refractivity (Wildman–Crippen MR) is 77.2 cm³/mol. The molecule has 1 N–H and O–H groups in total. The van der Waals surface area contributed by atoms with Gasteiger partial charge in [-0.2, -0.15) is 0 Å². The van der Waals surface area contributed by atoms with Crippen LogP contribution >= 0.6 is 11.6 Å². The summed E-state index contributed by atoms with van der Waals surface area (Å²) < 4.78 is 0. The largest absolute Gasteiger partial charge is 0.389 e. The van der Waals surface area contributed by atoms with E-state index in [4.69, 9.17) is 11.6 Å². The lowest BCUT2D eigenvalue weighted by molar-refractivity contribution is -0.0450. The number of halogens is 1. The fourth-order valence-corrected chi connectivity index (χ4v) is 5.61. The maximum absolute atomic E-state index is 11.1. The average Bonchev–Trinajstić information content (AvgIpc) is 3.02. The summed E-state index contributed by atoms with van der Waals surface area (Å²) in [5.41, 5.74) is 0.634. The molecule has 0 spiro atoms. The third kappa shape index (κ3) is 1.78. The molecule has 4 rings (SSSR count). The maximum atomic E-state index is 11.1. The van der Waals surface area contributed by atoms with E-state index in [-0.39, 0.29) is 0 Å². The standard InChI is InChI=1S/C17H21ClO/c18-16-7-2-1-4-11(16)9-17(19)10-12-8-15(17)14-6-3-5-13(12)14/h1-2,4,7,12-15,19H,3,5-6,8-10H2. The highest BCUT2D eigenvalue weighted by Crippen LogP contribution is 2.63. The second-order valence-corrected chi connectivity index (χ2v) is 7.34. The Bertz CT molecular complexity index is 500. The lowest BCUT2D eigenvalue weighted by Gasteiger charge is -2.39. The molecule has 0 aromatic heterocycles. The SMILES string of the molecule is OC1(Cc2ccccc2Cl)CC2CC1C1CCCC21. The van der Waals surface area contributed by atoms with Crippen molar-refractivity contribution in [1.29, 1.82) is 0 Å². The van der Waals surface area contributed by atoms with Gasteiger partial charge in [-0.1, -0.05) is 36.2 Å². The summed E-state index contributed by atoms with van der Waals surface area (Å²) in [5, 5.41) is 12.0. The molecule has 0 aliphatic heterocycles. The van der Waals surface area contributed by atoms with Crippen LogP contribution in [0.5, 0.6) is 0 Å². The van der Waals surface area contributed by atoms with E-state index in [1.807, 2.05) is 18.2 Å². The zero-order valence-electron chi connectivity index (χ0n) is 11.2. The molecule has 19 heavy (non-hydrogen) atoms. The Morgan fingerprint density at radius 2 is 2.00 bits per heavy atom. The summed E-state index contributed by atoms with van der Waals surface area (Å²) in [6.45, 7) is 0. The number of hydrogen-bond acceptors (Lipinski definition) is 1. The molecule has 3 aliphatic carbocycles. The monoisotopic (exact) mass is 276 g/mol. The summed E-state index contributed by atoms with van der Waals surface area (Å²) >= 11 is 6.27. The zero-order valence-corrected chi connectivity index (χ0v) is 11.9. The van der Waals surface area contributed by atoms with Gasteiger partial charge >= 0.3 is 0 Å². The highest BCUT2D eigenvalue weighted by Gasteiger charge is 2.60. The van der Waals surface area contributed by atoms with Crippen molar-refractivity contribution in [2.24, 2.45) is 23.7 Å². The van der Waals surface area contributed by atoms with Gasteiger partial charge in [0.05, 0.1) is 5.60 Å². The first-order valence-corrected chi connectivity index (χ1v) is 8.01.